The van der Waals surface area contributed by atoms with Crippen molar-refractivity contribution in [2.75, 3.05) is 13.2 Å². The molecule has 1 saturated heterocycles. The van der Waals surface area contributed by atoms with Gasteiger partial charge in [0.1, 0.15) is 0 Å². The smallest absolute Gasteiger partial charge is 0.184 e. The molecule has 3 nitrogen and oxygen atoms in total. The average molecular weight is 192 g/mol. The molecule has 0 bridgehead atoms. The van der Waals surface area contributed by atoms with Crippen LogP contribution in [0.25, 0.3) is 0 Å². The van der Waals surface area contributed by atoms with Crippen molar-refractivity contribution in [3.05, 3.63) is 35.4 Å². The van der Waals surface area contributed by atoms with E-state index in [2.05, 4.69) is 0 Å². The van der Waals surface area contributed by atoms with Crippen molar-refractivity contribution in [1.82, 2.24) is 0 Å². The van der Waals surface area contributed by atoms with Gasteiger partial charge in [-0.2, -0.15) is 0 Å². The quantitative estimate of drug-likeness (QED) is 0.672. The van der Waals surface area contributed by atoms with Gasteiger partial charge < -0.3 is 9.47 Å². The number of carbonyl (C=O) groups excluding carboxylic acids is 1. The molecule has 0 radical (unpaired) electrons. The fourth-order valence-electron chi connectivity index (χ4n) is 1.46. The average Bonchev–Trinajstić information content (AvgIpc) is 2.71. The predicted molar refractivity (Wildman–Crippen MR) is 51.1 cm³/mol. The highest BCUT2D eigenvalue weighted by atomic mass is 16.7. The zero-order valence-electron chi connectivity index (χ0n) is 8.03. The molecule has 1 aromatic rings. The van der Waals surface area contributed by atoms with E-state index in [1.54, 1.807) is 13.0 Å². The van der Waals surface area contributed by atoms with Crippen LogP contribution in [-0.4, -0.2) is 19.0 Å². The minimum absolute atomic E-state index is 0.0600. The summed E-state index contributed by atoms with van der Waals surface area (Å²) in [5.41, 5.74) is 1.61. The Morgan fingerprint density at radius 2 is 2.07 bits per heavy atom. The number of benzene rings is 1. The van der Waals surface area contributed by atoms with Crippen LogP contribution >= 0.6 is 0 Å². The maximum Gasteiger partial charge on any atom is 0.184 e. The van der Waals surface area contributed by atoms with Gasteiger partial charge in [-0.3, -0.25) is 4.79 Å². The first-order chi connectivity index (χ1) is 6.77. The van der Waals surface area contributed by atoms with Gasteiger partial charge in [0.2, 0.25) is 0 Å². The Kier molecular flexibility index (Phi) is 2.61. The molecule has 2 rings (SSSR count). The molecule has 0 N–H and O–H groups in total. The van der Waals surface area contributed by atoms with Crippen molar-refractivity contribution < 1.29 is 14.3 Å². The minimum Gasteiger partial charge on any atom is -0.346 e. The maximum atomic E-state index is 11.1. The zero-order chi connectivity index (χ0) is 9.97. The molecule has 0 spiro atoms. The highest BCUT2D eigenvalue weighted by molar-refractivity contribution is 5.94. The number of Topliss-reactive ketones (excluding diaryl/α,β-unsaturated/α-hetero) is 1. The van der Waals surface area contributed by atoms with Crippen molar-refractivity contribution in [2.45, 2.75) is 13.2 Å². The fraction of sp³-hybridized carbons (Fsp3) is 0.364. The molecule has 3 heteroatoms. The van der Waals surface area contributed by atoms with Gasteiger partial charge in [-0.25, -0.2) is 0 Å². The number of hydrogen-bond acceptors (Lipinski definition) is 3. The molecule has 1 aliphatic heterocycles. The molecule has 1 fully saturated rings. The fourth-order valence-corrected chi connectivity index (χ4v) is 1.46. The van der Waals surface area contributed by atoms with E-state index in [9.17, 15) is 4.79 Å². The summed E-state index contributed by atoms with van der Waals surface area (Å²) in [4.78, 5) is 11.1. The summed E-state index contributed by atoms with van der Waals surface area (Å²) in [7, 11) is 0. The van der Waals surface area contributed by atoms with Crippen LogP contribution in [0.5, 0.6) is 0 Å². The summed E-state index contributed by atoms with van der Waals surface area (Å²) in [5, 5.41) is 0. The van der Waals surface area contributed by atoms with Crippen molar-refractivity contribution in [3.8, 4) is 0 Å². The number of ketones is 1. The molecular weight excluding hydrogens is 180 g/mol. The standard InChI is InChI=1S/C11H12O3/c1-8(12)9-3-2-4-10(7-9)11-13-5-6-14-11/h2-4,7,11H,5-6H2,1H3. The molecule has 0 atom stereocenters. The summed E-state index contributed by atoms with van der Waals surface area (Å²) < 4.78 is 10.7. The Balaban J connectivity index is 2.25. The van der Waals surface area contributed by atoms with Gasteiger partial charge in [-0.05, 0) is 13.0 Å². The lowest BCUT2D eigenvalue weighted by Gasteiger charge is -2.09. The van der Waals surface area contributed by atoms with Crippen molar-refractivity contribution in [2.24, 2.45) is 0 Å². The van der Waals surface area contributed by atoms with Crippen LogP contribution in [0.4, 0.5) is 0 Å². The van der Waals surface area contributed by atoms with Gasteiger partial charge in [0.15, 0.2) is 12.1 Å². The lowest BCUT2D eigenvalue weighted by atomic mass is 10.1. The van der Waals surface area contributed by atoms with Crippen LogP contribution in [0.3, 0.4) is 0 Å². The minimum atomic E-state index is -0.297. The molecule has 74 valence electrons. The van der Waals surface area contributed by atoms with E-state index in [-0.39, 0.29) is 12.1 Å². The van der Waals surface area contributed by atoms with Gasteiger partial charge in [0.05, 0.1) is 13.2 Å². The largest absolute Gasteiger partial charge is 0.346 e. The van der Waals surface area contributed by atoms with Crippen LogP contribution in [0.1, 0.15) is 29.1 Å². The van der Waals surface area contributed by atoms with Gasteiger partial charge in [-0.15, -0.1) is 0 Å². The van der Waals surface area contributed by atoms with Crippen molar-refractivity contribution in [1.29, 1.82) is 0 Å². The maximum absolute atomic E-state index is 11.1. The lowest BCUT2D eigenvalue weighted by Crippen LogP contribution is -2.00. The van der Waals surface area contributed by atoms with E-state index < -0.39 is 0 Å². The van der Waals surface area contributed by atoms with E-state index in [1.165, 1.54) is 0 Å². The SMILES string of the molecule is CC(=O)c1cccc(C2OCCO2)c1. The van der Waals surface area contributed by atoms with E-state index in [0.717, 1.165) is 5.56 Å². The third-order valence-corrected chi connectivity index (χ3v) is 2.19. The van der Waals surface area contributed by atoms with Gasteiger partial charge in [0, 0.05) is 11.1 Å². The first kappa shape index (κ1) is 9.37. The molecule has 0 amide bonds. The molecule has 0 aromatic heterocycles. The Morgan fingerprint density at radius 3 is 2.71 bits per heavy atom. The van der Waals surface area contributed by atoms with Gasteiger partial charge in [0.25, 0.3) is 0 Å². The first-order valence-corrected chi connectivity index (χ1v) is 4.61. The molecule has 1 heterocycles. The molecule has 1 aliphatic rings. The van der Waals surface area contributed by atoms with Crippen LogP contribution in [0.2, 0.25) is 0 Å². The van der Waals surface area contributed by atoms with Crippen LogP contribution in [-0.2, 0) is 9.47 Å². The molecule has 0 saturated carbocycles. The summed E-state index contributed by atoms with van der Waals surface area (Å²) in [5.74, 6) is 0.0600. The summed E-state index contributed by atoms with van der Waals surface area (Å²) in [6, 6.07) is 7.36. The number of ether oxygens (including phenoxy) is 2. The predicted octanol–water partition coefficient (Wildman–Crippen LogP) is 1.93. The Bertz CT molecular complexity index is 340. The first-order valence-electron chi connectivity index (χ1n) is 4.61. The molecule has 0 aliphatic carbocycles. The third kappa shape index (κ3) is 1.84. The highest BCUT2D eigenvalue weighted by Crippen LogP contribution is 2.23. The van der Waals surface area contributed by atoms with Gasteiger partial charge in [-0.1, -0.05) is 18.2 Å². The molecular formula is C11H12O3. The van der Waals surface area contributed by atoms with Crippen molar-refractivity contribution in [3.63, 3.8) is 0 Å². The summed E-state index contributed by atoms with van der Waals surface area (Å²) in [6.45, 7) is 2.79. The number of carbonyl (C=O) groups is 1. The van der Waals surface area contributed by atoms with Crippen molar-refractivity contribution >= 4 is 5.78 Å². The monoisotopic (exact) mass is 192 g/mol. The van der Waals surface area contributed by atoms with Gasteiger partial charge >= 0.3 is 0 Å². The molecule has 1 aromatic carbocycles. The van der Waals surface area contributed by atoms with E-state index >= 15 is 0 Å². The van der Waals surface area contributed by atoms with E-state index in [4.69, 9.17) is 9.47 Å². The summed E-state index contributed by atoms with van der Waals surface area (Å²) >= 11 is 0. The Labute approximate surface area is 82.6 Å². The van der Waals surface area contributed by atoms with Crippen LogP contribution in [0, 0.1) is 0 Å². The molecule has 0 unspecified atom stereocenters. The zero-order valence-corrected chi connectivity index (χ0v) is 8.03. The topological polar surface area (TPSA) is 35.5 Å². The molecule has 14 heavy (non-hydrogen) atoms. The third-order valence-electron chi connectivity index (χ3n) is 2.19. The van der Waals surface area contributed by atoms with Crippen LogP contribution in [0.15, 0.2) is 24.3 Å². The Hall–Kier alpha value is -1.19. The second kappa shape index (κ2) is 3.90. The number of rotatable bonds is 2. The normalized spacial score (nSPS) is 17.2. The second-order valence-electron chi connectivity index (χ2n) is 3.26. The summed E-state index contributed by atoms with van der Waals surface area (Å²) in [6.07, 6.45) is -0.297. The number of hydrogen-bond donors (Lipinski definition) is 0. The highest BCUT2D eigenvalue weighted by Gasteiger charge is 2.18. The van der Waals surface area contributed by atoms with E-state index in [0.29, 0.717) is 18.8 Å². The second-order valence-corrected chi connectivity index (χ2v) is 3.26. The Morgan fingerprint density at radius 1 is 1.36 bits per heavy atom. The lowest BCUT2D eigenvalue weighted by molar-refractivity contribution is -0.0441. The van der Waals surface area contributed by atoms with Crippen LogP contribution < -0.4 is 0 Å². The van der Waals surface area contributed by atoms with E-state index in [1.807, 2.05) is 18.2 Å².